The van der Waals surface area contributed by atoms with Gasteiger partial charge in [-0.15, -0.1) is 0 Å². The molecule has 0 heterocycles. The van der Waals surface area contributed by atoms with E-state index in [0.29, 0.717) is 35.5 Å². The van der Waals surface area contributed by atoms with Crippen molar-refractivity contribution in [1.82, 2.24) is 0 Å². The molecule has 31 heavy (non-hydrogen) atoms. The molecule has 0 aromatic heterocycles. The molecule has 0 aliphatic heterocycles. The summed E-state index contributed by atoms with van der Waals surface area (Å²) in [5, 5.41) is 0. The molecule has 2 unspecified atom stereocenters. The van der Waals surface area contributed by atoms with Gasteiger partial charge in [0.1, 0.15) is 0 Å². The van der Waals surface area contributed by atoms with Crippen LogP contribution in [0.4, 0.5) is 0 Å². The van der Waals surface area contributed by atoms with Crippen LogP contribution in [0.25, 0.3) is 11.1 Å². The van der Waals surface area contributed by atoms with E-state index in [1.54, 1.807) is 0 Å². The first-order chi connectivity index (χ1) is 14.2. The van der Waals surface area contributed by atoms with Crippen molar-refractivity contribution < 1.29 is 17.1 Å². The maximum absolute atomic E-state index is 2.47. The van der Waals surface area contributed by atoms with E-state index in [1.165, 1.54) is 33.4 Å². The smallest absolute Gasteiger partial charge is 0.00531 e. The summed E-state index contributed by atoms with van der Waals surface area (Å²) in [7, 11) is 0. The molecule has 0 saturated heterocycles. The van der Waals surface area contributed by atoms with Gasteiger partial charge in [0.05, 0.1) is 0 Å². The summed E-state index contributed by atoms with van der Waals surface area (Å²) in [6.07, 6.45) is 4.94. The van der Waals surface area contributed by atoms with Crippen molar-refractivity contribution in [2.24, 2.45) is 23.7 Å². The normalized spacial score (nSPS) is 19.0. The van der Waals surface area contributed by atoms with E-state index >= 15 is 0 Å². The van der Waals surface area contributed by atoms with Gasteiger partial charge in [-0.2, -0.15) is 0 Å². The average Bonchev–Trinajstić information content (AvgIpc) is 3.28. The molecule has 0 saturated carbocycles. The first-order valence-corrected chi connectivity index (χ1v) is 11.8. The van der Waals surface area contributed by atoms with Gasteiger partial charge in [-0.1, -0.05) is 116 Å². The van der Waals surface area contributed by atoms with Gasteiger partial charge >= 0.3 is 0 Å². The van der Waals surface area contributed by atoms with Crippen LogP contribution in [0.3, 0.4) is 0 Å². The monoisotopic (exact) mass is 455 g/mol. The fourth-order valence-corrected chi connectivity index (χ4v) is 4.96. The first-order valence-electron chi connectivity index (χ1n) is 11.8. The molecule has 2 atom stereocenters. The summed E-state index contributed by atoms with van der Waals surface area (Å²) in [6, 6.07) is 17.7. The summed E-state index contributed by atoms with van der Waals surface area (Å²) in [5.41, 5.74) is 9.07. The zero-order chi connectivity index (χ0) is 22.0. The predicted octanol–water partition coefficient (Wildman–Crippen LogP) is 8.96. The first kappa shape index (κ1) is 25.7. The molecular formula is C30H40Mn. The van der Waals surface area contributed by atoms with E-state index < -0.39 is 0 Å². The molecular weight excluding hydrogens is 415 g/mol. The minimum atomic E-state index is 0. The van der Waals surface area contributed by atoms with Gasteiger partial charge in [0, 0.05) is 28.9 Å². The predicted molar refractivity (Wildman–Crippen MR) is 134 cm³/mol. The molecule has 1 radical (unpaired) electrons. The minimum absolute atomic E-state index is 0. The Morgan fingerprint density at radius 2 is 0.839 bits per heavy atom. The second-order valence-corrected chi connectivity index (χ2v) is 10.3. The number of rotatable bonds is 4. The molecule has 0 bridgehead atoms. The standard InChI is InChI=1S/2C15H20.Mn/c2*1-10(2)14-9-15(11(3)4)13-8-6-5-7-12(13)14;/h2*5-11,14H,1-4H3;. The Bertz CT molecular complexity index is 849. The molecule has 2 aromatic carbocycles. The van der Waals surface area contributed by atoms with E-state index in [1.807, 2.05) is 0 Å². The van der Waals surface area contributed by atoms with Crippen LogP contribution in [0.5, 0.6) is 0 Å². The van der Waals surface area contributed by atoms with Crippen molar-refractivity contribution in [3.05, 3.63) is 82.9 Å². The summed E-state index contributed by atoms with van der Waals surface area (Å²) in [4.78, 5) is 0. The third kappa shape index (κ3) is 5.44. The van der Waals surface area contributed by atoms with Gasteiger partial charge in [0.25, 0.3) is 0 Å². The molecule has 0 spiro atoms. The van der Waals surface area contributed by atoms with Crippen LogP contribution < -0.4 is 0 Å². The number of allylic oxidation sites excluding steroid dienone is 4. The fourth-order valence-electron chi connectivity index (χ4n) is 4.96. The summed E-state index contributed by atoms with van der Waals surface area (Å²) >= 11 is 0. The quantitative estimate of drug-likeness (QED) is 0.404. The van der Waals surface area contributed by atoms with Crippen LogP contribution in [0.1, 0.15) is 89.5 Å². The van der Waals surface area contributed by atoms with E-state index in [9.17, 15) is 0 Å². The van der Waals surface area contributed by atoms with Crippen molar-refractivity contribution in [2.45, 2.75) is 67.2 Å². The minimum Gasteiger partial charge on any atom is -0.0726 e. The summed E-state index contributed by atoms with van der Waals surface area (Å²) < 4.78 is 0. The van der Waals surface area contributed by atoms with Crippen molar-refractivity contribution >= 4 is 11.1 Å². The molecule has 2 aromatic rings. The van der Waals surface area contributed by atoms with Gasteiger partial charge in [-0.05, 0) is 57.1 Å². The van der Waals surface area contributed by atoms with Crippen LogP contribution in [-0.4, -0.2) is 0 Å². The van der Waals surface area contributed by atoms with Crippen molar-refractivity contribution in [3.8, 4) is 0 Å². The molecule has 1 heteroatoms. The molecule has 0 N–H and O–H groups in total. The van der Waals surface area contributed by atoms with Crippen molar-refractivity contribution in [2.75, 3.05) is 0 Å². The van der Waals surface area contributed by atoms with Gasteiger partial charge in [-0.25, -0.2) is 0 Å². The fraction of sp³-hybridized carbons (Fsp3) is 0.467. The Kier molecular flexibility index (Phi) is 8.99. The molecule has 2 aliphatic rings. The third-order valence-electron chi connectivity index (χ3n) is 6.66. The molecule has 0 fully saturated rings. The van der Waals surface area contributed by atoms with Crippen molar-refractivity contribution in [1.29, 1.82) is 0 Å². The summed E-state index contributed by atoms with van der Waals surface area (Å²) in [5.74, 6) is 3.91. The topological polar surface area (TPSA) is 0 Å². The Morgan fingerprint density at radius 3 is 1.13 bits per heavy atom. The Morgan fingerprint density at radius 1 is 0.516 bits per heavy atom. The number of hydrogen-bond acceptors (Lipinski definition) is 0. The second-order valence-electron chi connectivity index (χ2n) is 10.3. The summed E-state index contributed by atoms with van der Waals surface area (Å²) in [6.45, 7) is 18.4. The van der Waals surface area contributed by atoms with Gasteiger partial charge < -0.3 is 0 Å². The Balaban J connectivity index is 0.000000213. The zero-order valence-corrected chi connectivity index (χ0v) is 21.8. The average molecular weight is 456 g/mol. The van der Waals surface area contributed by atoms with Gasteiger partial charge in [0.2, 0.25) is 0 Å². The van der Waals surface area contributed by atoms with E-state index in [-0.39, 0.29) is 17.1 Å². The van der Waals surface area contributed by atoms with E-state index in [4.69, 9.17) is 0 Å². The maximum Gasteiger partial charge on any atom is 0.00531 e. The van der Waals surface area contributed by atoms with E-state index in [0.717, 1.165) is 0 Å². The molecule has 4 rings (SSSR count). The van der Waals surface area contributed by atoms with Crippen LogP contribution >= 0.6 is 0 Å². The van der Waals surface area contributed by atoms with Crippen LogP contribution in [0.2, 0.25) is 0 Å². The maximum atomic E-state index is 2.47. The Hall–Kier alpha value is -1.56. The third-order valence-corrected chi connectivity index (χ3v) is 6.66. The van der Waals surface area contributed by atoms with Crippen molar-refractivity contribution in [3.63, 3.8) is 0 Å². The van der Waals surface area contributed by atoms with Crippen LogP contribution in [0, 0.1) is 23.7 Å². The number of hydrogen-bond donors (Lipinski definition) is 0. The second kappa shape index (κ2) is 10.8. The molecule has 0 amide bonds. The van der Waals surface area contributed by atoms with Crippen LogP contribution in [0.15, 0.2) is 60.7 Å². The van der Waals surface area contributed by atoms with Gasteiger partial charge in [0.15, 0.2) is 0 Å². The van der Waals surface area contributed by atoms with Crippen LogP contribution in [-0.2, 0) is 17.1 Å². The van der Waals surface area contributed by atoms with Gasteiger partial charge in [-0.3, -0.25) is 0 Å². The largest absolute Gasteiger partial charge is 0.0726 e. The molecule has 0 nitrogen and oxygen atoms in total. The number of fused-ring (bicyclic) bond motifs is 2. The Labute approximate surface area is 201 Å². The number of benzene rings is 2. The molecule has 167 valence electrons. The SMILES string of the molecule is CC(C)C1=CC(C(C)C)c2ccccc21.CC(C)C1=CC(C(C)C)c2ccccc21.[Mn]. The zero-order valence-electron chi connectivity index (χ0n) is 20.6. The van der Waals surface area contributed by atoms with E-state index in [2.05, 4.69) is 116 Å². The molecule has 2 aliphatic carbocycles.